The number of benzene rings is 2. The number of morpholine rings is 1. The molecule has 1 N–H and O–H groups in total. The molecule has 142 valence electrons. The van der Waals surface area contributed by atoms with Gasteiger partial charge in [-0.15, -0.1) is 0 Å². The van der Waals surface area contributed by atoms with E-state index in [1.54, 1.807) is 18.2 Å². The minimum absolute atomic E-state index is 0.0966. The molecule has 0 aliphatic carbocycles. The molecular weight excluding hydrogens is 366 g/mol. The predicted molar refractivity (Wildman–Crippen MR) is 107 cm³/mol. The van der Waals surface area contributed by atoms with Crippen molar-refractivity contribution in [3.8, 4) is 11.5 Å². The Morgan fingerprint density at radius 2 is 1.96 bits per heavy atom. The van der Waals surface area contributed by atoms with Crippen molar-refractivity contribution < 1.29 is 19.4 Å². The number of anilines is 1. The van der Waals surface area contributed by atoms with Gasteiger partial charge in [0.15, 0.2) is 17.3 Å². The number of aromatic hydroxyl groups is 1. The lowest BCUT2D eigenvalue weighted by molar-refractivity contribution is 0.104. The second kappa shape index (κ2) is 8.93. The smallest absolute Gasteiger partial charge is 0.185 e. The standard InChI is InChI=1S/C21H22ClNO4/c1-2-27-20-14-15(13-18(22)21(20)25)3-8-19(24)16-4-6-17(7-5-16)23-9-11-26-12-10-23/h3-8,13-14,25H,2,9-12H2,1H3. The maximum absolute atomic E-state index is 12.4. The summed E-state index contributed by atoms with van der Waals surface area (Å²) in [5, 5.41) is 10.1. The van der Waals surface area contributed by atoms with Gasteiger partial charge < -0.3 is 19.5 Å². The van der Waals surface area contributed by atoms with E-state index >= 15 is 0 Å². The van der Waals surface area contributed by atoms with E-state index in [4.69, 9.17) is 21.1 Å². The maximum Gasteiger partial charge on any atom is 0.185 e. The number of carbonyl (C=O) groups excluding carboxylic acids is 1. The summed E-state index contributed by atoms with van der Waals surface area (Å²) in [6.07, 6.45) is 3.15. The number of ketones is 1. The molecular formula is C21H22ClNO4. The molecule has 0 amide bonds. The van der Waals surface area contributed by atoms with E-state index in [2.05, 4.69) is 4.90 Å². The molecule has 0 atom stereocenters. The molecule has 0 aromatic heterocycles. The van der Waals surface area contributed by atoms with Crippen molar-refractivity contribution in [3.63, 3.8) is 0 Å². The lowest BCUT2D eigenvalue weighted by Gasteiger charge is -2.28. The van der Waals surface area contributed by atoms with E-state index < -0.39 is 0 Å². The topological polar surface area (TPSA) is 59.0 Å². The van der Waals surface area contributed by atoms with Crippen LogP contribution < -0.4 is 9.64 Å². The fourth-order valence-corrected chi connectivity index (χ4v) is 3.10. The Bertz CT molecular complexity index is 827. The molecule has 0 radical (unpaired) electrons. The average molecular weight is 388 g/mol. The highest BCUT2D eigenvalue weighted by atomic mass is 35.5. The van der Waals surface area contributed by atoms with Gasteiger partial charge in [0.05, 0.1) is 24.8 Å². The van der Waals surface area contributed by atoms with Gasteiger partial charge in [-0.3, -0.25) is 4.79 Å². The fourth-order valence-electron chi connectivity index (χ4n) is 2.88. The van der Waals surface area contributed by atoms with Crippen LogP contribution in [0.1, 0.15) is 22.8 Å². The van der Waals surface area contributed by atoms with Gasteiger partial charge in [0, 0.05) is 24.3 Å². The maximum atomic E-state index is 12.4. The average Bonchev–Trinajstić information content (AvgIpc) is 2.70. The number of rotatable bonds is 6. The number of halogens is 1. The minimum atomic E-state index is -0.106. The summed E-state index contributed by atoms with van der Waals surface area (Å²) in [5.41, 5.74) is 2.38. The van der Waals surface area contributed by atoms with Crippen molar-refractivity contribution >= 4 is 29.1 Å². The summed E-state index contributed by atoms with van der Waals surface area (Å²) >= 11 is 6.02. The Kier molecular flexibility index (Phi) is 6.37. The van der Waals surface area contributed by atoms with Gasteiger partial charge in [0.1, 0.15) is 0 Å². The lowest BCUT2D eigenvalue weighted by atomic mass is 10.1. The number of hydrogen-bond acceptors (Lipinski definition) is 5. The summed E-state index contributed by atoms with van der Waals surface area (Å²) in [4.78, 5) is 14.7. The number of phenols is 1. The summed E-state index contributed by atoms with van der Waals surface area (Å²) in [6, 6.07) is 10.8. The first kappa shape index (κ1) is 19.3. The van der Waals surface area contributed by atoms with Crippen LogP contribution in [0, 0.1) is 0 Å². The van der Waals surface area contributed by atoms with E-state index in [-0.39, 0.29) is 16.6 Å². The third-order valence-corrected chi connectivity index (χ3v) is 4.59. The molecule has 1 aliphatic heterocycles. The van der Waals surface area contributed by atoms with Crippen LogP contribution in [-0.2, 0) is 4.74 Å². The Balaban J connectivity index is 1.71. The molecule has 0 bridgehead atoms. The zero-order valence-electron chi connectivity index (χ0n) is 15.2. The van der Waals surface area contributed by atoms with Gasteiger partial charge in [-0.25, -0.2) is 0 Å². The molecule has 1 saturated heterocycles. The van der Waals surface area contributed by atoms with Crippen LogP contribution in [0.25, 0.3) is 6.08 Å². The number of hydrogen-bond donors (Lipinski definition) is 1. The van der Waals surface area contributed by atoms with Gasteiger partial charge in [-0.1, -0.05) is 17.7 Å². The van der Waals surface area contributed by atoms with Crippen LogP contribution in [0.2, 0.25) is 5.02 Å². The number of allylic oxidation sites excluding steroid dienone is 1. The second-order valence-electron chi connectivity index (χ2n) is 6.13. The van der Waals surface area contributed by atoms with Crippen LogP contribution in [0.3, 0.4) is 0 Å². The molecule has 1 fully saturated rings. The second-order valence-corrected chi connectivity index (χ2v) is 6.53. The highest BCUT2D eigenvalue weighted by molar-refractivity contribution is 6.32. The minimum Gasteiger partial charge on any atom is -0.503 e. The van der Waals surface area contributed by atoms with Crippen LogP contribution in [0.4, 0.5) is 5.69 Å². The van der Waals surface area contributed by atoms with Crippen molar-refractivity contribution in [2.45, 2.75) is 6.92 Å². The van der Waals surface area contributed by atoms with Crippen molar-refractivity contribution in [3.05, 3.63) is 58.6 Å². The van der Waals surface area contributed by atoms with Gasteiger partial charge in [-0.05, 0) is 55.0 Å². The van der Waals surface area contributed by atoms with Crippen LogP contribution in [0.5, 0.6) is 11.5 Å². The normalized spacial score (nSPS) is 14.5. The van der Waals surface area contributed by atoms with Crippen molar-refractivity contribution in [2.75, 3.05) is 37.8 Å². The Hall–Kier alpha value is -2.50. The first-order valence-corrected chi connectivity index (χ1v) is 9.26. The number of phenolic OH excluding ortho intramolecular Hbond substituents is 1. The highest BCUT2D eigenvalue weighted by Gasteiger charge is 2.12. The molecule has 1 heterocycles. The molecule has 27 heavy (non-hydrogen) atoms. The Morgan fingerprint density at radius 3 is 2.63 bits per heavy atom. The van der Waals surface area contributed by atoms with Crippen LogP contribution >= 0.6 is 11.6 Å². The third-order valence-electron chi connectivity index (χ3n) is 4.31. The number of ether oxygens (including phenoxy) is 2. The molecule has 2 aromatic carbocycles. The third kappa shape index (κ3) is 4.81. The largest absolute Gasteiger partial charge is 0.503 e. The fraction of sp³-hybridized carbons (Fsp3) is 0.286. The van der Waals surface area contributed by atoms with Gasteiger partial charge in [0.25, 0.3) is 0 Å². The highest BCUT2D eigenvalue weighted by Crippen LogP contribution is 2.35. The van der Waals surface area contributed by atoms with E-state index in [9.17, 15) is 9.90 Å². The molecule has 0 saturated carbocycles. The number of nitrogens with zero attached hydrogens (tertiary/aromatic N) is 1. The zero-order valence-corrected chi connectivity index (χ0v) is 15.9. The quantitative estimate of drug-likeness (QED) is 0.595. The summed E-state index contributed by atoms with van der Waals surface area (Å²) < 4.78 is 10.7. The lowest BCUT2D eigenvalue weighted by Crippen LogP contribution is -2.36. The Morgan fingerprint density at radius 1 is 1.26 bits per heavy atom. The number of carbonyl (C=O) groups is 1. The molecule has 0 unspecified atom stereocenters. The summed E-state index contributed by atoms with van der Waals surface area (Å²) in [5.74, 6) is 0.0957. The molecule has 0 spiro atoms. The van der Waals surface area contributed by atoms with Crippen LogP contribution in [-0.4, -0.2) is 43.8 Å². The SMILES string of the molecule is CCOc1cc(C=CC(=O)c2ccc(N3CCOCC3)cc2)cc(Cl)c1O. The van der Waals surface area contributed by atoms with E-state index in [1.165, 1.54) is 6.08 Å². The first-order valence-electron chi connectivity index (χ1n) is 8.89. The summed E-state index contributed by atoms with van der Waals surface area (Å²) in [6.45, 7) is 5.39. The van der Waals surface area contributed by atoms with E-state index in [1.807, 2.05) is 31.2 Å². The van der Waals surface area contributed by atoms with Crippen LogP contribution in [0.15, 0.2) is 42.5 Å². The van der Waals surface area contributed by atoms with Crippen molar-refractivity contribution in [1.29, 1.82) is 0 Å². The van der Waals surface area contributed by atoms with E-state index in [0.29, 0.717) is 23.5 Å². The molecule has 5 nitrogen and oxygen atoms in total. The molecule has 2 aromatic rings. The van der Waals surface area contributed by atoms with Gasteiger partial charge in [-0.2, -0.15) is 0 Å². The first-order chi connectivity index (χ1) is 13.1. The molecule has 1 aliphatic rings. The monoisotopic (exact) mass is 387 g/mol. The predicted octanol–water partition coefficient (Wildman–Crippen LogP) is 4.18. The van der Waals surface area contributed by atoms with Gasteiger partial charge in [0.2, 0.25) is 0 Å². The van der Waals surface area contributed by atoms with Gasteiger partial charge >= 0.3 is 0 Å². The molecule has 6 heteroatoms. The van der Waals surface area contributed by atoms with Crippen molar-refractivity contribution in [2.24, 2.45) is 0 Å². The summed E-state index contributed by atoms with van der Waals surface area (Å²) in [7, 11) is 0. The Labute approximate surface area is 163 Å². The van der Waals surface area contributed by atoms with E-state index in [0.717, 1.165) is 32.0 Å². The molecule has 3 rings (SSSR count). The van der Waals surface area contributed by atoms with Crippen molar-refractivity contribution in [1.82, 2.24) is 0 Å². The zero-order chi connectivity index (χ0) is 19.2.